The van der Waals surface area contributed by atoms with Gasteiger partial charge in [0.05, 0.1) is 24.7 Å². The van der Waals surface area contributed by atoms with Crippen LogP contribution in [-0.2, 0) is 0 Å². The van der Waals surface area contributed by atoms with Crippen molar-refractivity contribution in [2.45, 2.75) is 6.85 Å². The minimum Gasteiger partial charge on any atom is -0.297 e. The van der Waals surface area contributed by atoms with E-state index in [0.29, 0.717) is 60.5 Å². The molecule has 42 heavy (non-hydrogen) atoms. The first kappa shape index (κ1) is 14.4. The van der Waals surface area contributed by atoms with Crippen molar-refractivity contribution in [3.05, 3.63) is 157 Å². The summed E-state index contributed by atoms with van der Waals surface area (Å²) >= 11 is 0. The van der Waals surface area contributed by atoms with Crippen LogP contribution in [0, 0.1) is 6.85 Å². The maximum atomic E-state index is 8.97. The van der Waals surface area contributed by atoms with Crippen molar-refractivity contribution < 1.29 is 17.8 Å². The van der Waals surface area contributed by atoms with Gasteiger partial charge in [0, 0.05) is 9.80 Å². The third-order valence-corrected chi connectivity index (χ3v) is 7.54. The third kappa shape index (κ3) is 3.92. The molecule has 0 saturated carbocycles. The topological polar surface area (TPSA) is 17.8 Å². The Morgan fingerprint density at radius 3 is 1.79 bits per heavy atom. The smallest absolute Gasteiger partial charge is 0.111 e. The van der Waals surface area contributed by atoms with Crippen LogP contribution < -0.4 is 0 Å². The highest BCUT2D eigenvalue weighted by molar-refractivity contribution is 6.21. The summed E-state index contributed by atoms with van der Waals surface area (Å²) < 4.78 is 112. The van der Waals surface area contributed by atoms with E-state index in [0.717, 1.165) is 0 Å². The van der Waals surface area contributed by atoms with E-state index in [1.807, 2.05) is 18.2 Å². The first-order valence-electron chi connectivity index (χ1n) is 19.8. The fourth-order valence-corrected chi connectivity index (χ4v) is 5.74. The monoisotopic (exact) mass is 549 g/mol. The molecule has 0 amide bonds. The van der Waals surface area contributed by atoms with Crippen molar-refractivity contribution in [2.24, 2.45) is 0 Å². The summed E-state index contributed by atoms with van der Waals surface area (Å²) in [6.45, 7) is -2.49. The molecule has 2 nitrogen and oxygen atoms in total. The number of aryl methyl sites for hydroxylation is 1. The maximum absolute atomic E-state index is 8.97. The summed E-state index contributed by atoms with van der Waals surface area (Å²) in [5.41, 5.74) is 3.67. The van der Waals surface area contributed by atoms with Crippen LogP contribution in [-0.4, -0.2) is 9.55 Å². The third-order valence-electron chi connectivity index (χ3n) is 7.54. The molecule has 0 fully saturated rings. The molecule has 0 radical (unpaired) electrons. The predicted octanol–water partition coefficient (Wildman–Crippen LogP) is 10.6. The van der Waals surface area contributed by atoms with Crippen LogP contribution in [0.25, 0.3) is 71.6 Å². The van der Waals surface area contributed by atoms with Crippen LogP contribution in [0.4, 0.5) is 0 Å². The van der Waals surface area contributed by atoms with E-state index in [1.54, 1.807) is 77.4 Å². The van der Waals surface area contributed by atoms with Crippen molar-refractivity contribution in [1.29, 1.82) is 0 Å². The van der Waals surface area contributed by atoms with E-state index in [1.165, 1.54) is 0 Å². The molecule has 7 aromatic carbocycles. The van der Waals surface area contributed by atoms with Gasteiger partial charge >= 0.3 is 0 Å². The quantitative estimate of drug-likeness (QED) is 0.200. The number of aromatic nitrogens is 2. The van der Waals surface area contributed by atoms with Gasteiger partial charge in [-0.15, -0.1) is 0 Å². The van der Waals surface area contributed by atoms with Crippen LogP contribution in [0.15, 0.2) is 151 Å². The zero-order valence-electron chi connectivity index (χ0n) is 35.1. The van der Waals surface area contributed by atoms with Gasteiger partial charge in [0.1, 0.15) is 5.82 Å². The Kier molecular flexibility index (Phi) is 3.39. The van der Waals surface area contributed by atoms with Crippen LogP contribution in [0.3, 0.4) is 0 Å². The van der Waals surface area contributed by atoms with Gasteiger partial charge in [0.2, 0.25) is 0 Å². The second-order valence-corrected chi connectivity index (χ2v) is 9.86. The Bertz CT molecular complexity index is 2860. The maximum Gasteiger partial charge on any atom is 0.111 e. The number of rotatable bonds is 4. The molecule has 0 bridgehead atoms. The Morgan fingerprint density at radius 2 is 1.12 bits per heavy atom. The predicted molar refractivity (Wildman–Crippen MR) is 177 cm³/mol. The number of nitrogens with zero attached hydrogens (tertiary/aromatic N) is 2. The molecule has 1 aromatic heterocycles. The van der Waals surface area contributed by atoms with Crippen molar-refractivity contribution in [1.82, 2.24) is 9.55 Å². The summed E-state index contributed by atoms with van der Waals surface area (Å²) in [6.07, 6.45) is 0. The second-order valence-electron chi connectivity index (χ2n) is 9.86. The Hall–Kier alpha value is -5.47. The lowest BCUT2D eigenvalue weighted by Crippen LogP contribution is -1.96. The molecule has 0 saturated heterocycles. The van der Waals surface area contributed by atoms with Gasteiger partial charge in [-0.05, 0) is 92.1 Å². The van der Waals surface area contributed by atoms with Crippen molar-refractivity contribution >= 4 is 32.6 Å². The minimum atomic E-state index is -2.49. The summed E-state index contributed by atoms with van der Waals surface area (Å²) in [5.74, 6) is -0.0810. The van der Waals surface area contributed by atoms with Crippen LogP contribution in [0.2, 0.25) is 0 Å². The summed E-state index contributed by atoms with van der Waals surface area (Å²) in [6, 6.07) is 21.8. The molecule has 0 unspecified atom stereocenters. The Morgan fingerprint density at radius 1 is 0.548 bits per heavy atom. The lowest BCUT2D eigenvalue weighted by Gasteiger charge is -2.18. The van der Waals surface area contributed by atoms with E-state index >= 15 is 0 Å². The number of hydrogen-bond donors (Lipinski definition) is 0. The Labute approximate surface area is 263 Å². The molecule has 8 rings (SSSR count). The van der Waals surface area contributed by atoms with Gasteiger partial charge in [-0.2, -0.15) is 0 Å². The van der Waals surface area contributed by atoms with Crippen molar-refractivity contribution in [3.8, 4) is 39.1 Å². The molecule has 0 atom stereocenters. The lowest BCUT2D eigenvalue weighted by molar-refractivity contribution is 1.00. The van der Waals surface area contributed by atoms with Gasteiger partial charge in [-0.3, -0.25) is 4.57 Å². The molecule has 0 spiro atoms. The molecule has 0 aliphatic carbocycles. The zero-order valence-corrected chi connectivity index (χ0v) is 22.1. The number of benzene rings is 7. The summed E-state index contributed by atoms with van der Waals surface area (Å²) in [5, 5.41) is 1.77. The highest BCUT2D eigenvalue weighted by Crippen LogP contribution is 2.44. The molecule has 0 N–H and O–H groups in total. The molecule has 198 valence electrons. The van der Waals surface area contributed by atoms with Gasteiger partial charge in [0.15, 0.2) is 0 Å². The minimum absolute atomic E-state index is 0.0328. The Balaban J connectivity index is 1.45. The van der Waals surface area contributed by atoms with Crippen molar-refractivity contribution in [3.63, 3.8) is 0 Å². The number of imidazole rings is 1. The van der Waals surface area contributed by atoms with Crippen LogP contribution in [0.1, 0.15) is 23.6 Å². The van der Waals surface area contributed by atoms with E-state index < -0.39 is 67.3 Å². The molecule has 0 aliphatic heterocycles. The molecular formula is C40H28N2. The standard InChI is InChI=1S/C40H28N2/c1-27-41-37-18-10-11-19-38(37)42(27)32-23-20-28(21-24-32)31-22-25-35-36(26-31)40(30-14-6-3-7-15-30)34-17-9-8-16-33(34)39(35)29-12-4-2-5-13-29/h2-26H,1H3/i1D3,2D,3D,4D,5D,6D,7D,12D,13D,14D,15D. The number of hydrogen-bond acceptors (Lipinski definition) is 1. The molecule has 2 heteroatoms. The fraction of sp³-hybridized carbons (Fsp3) is 0.0250. The van der Waals surface area contributed by atoms with Gasteiger partial charge in [-0.25, -0.2) is 4.98 Å². The number of para-hydroxylation sites is 2. The average molecular weight is 550 g/mol. The van der Waals surface area contributed by atoms with Gasteiger partial charge < -0.3 is 0 Å². The zero-order chi connectivity index (χ0) is 39.2. The molecule has 1 heterocycles. The normalized spacial score (nSPS) is 16.1. The highest BCUT2D eigenvalue weighted by atomic mass is 15.1. The molecular weight excluding hydrogens is 508 g/mol. The van der Waals surface area contributed by atoms with E-state index in [4.69, 9.17) is 17.8 Å². The molecule has 0 aliphatic rings. The SMILES string of the molecule is [2H]c1c([2H])c([2H])c(-c2c3ccccc3c(-c3c([2H])c([2H])c([2H])c([2H])c3[2H])c3cc(-c4ccc(-n5c(C([2H])([2H])[2H])nc6ccccc65)cc4)ccc23)c([2H])c1[2H]. The van der Waals surface area contributed by atoms with Crippen molar-refractivity contribution in [2.75, 3.05) is 0 Å². The summed E-state index contributed by atoms with van der Waals surface area (Å²) in [4.78, 5) is 4.40. The van der Waals surface area contributed by atoms with E-state index in [-0.39, 0.29) is 17.0 Å². The number of fused-ring (bicyclic) bond motifs is 3. The van der Waals surface area contributed by atoms with Crippen LogP contribution in [0.5, 0.6) is 0 Å². The average Bonchev–Trinajstić information content (AvgIpc) is 3.59. The lowest BCUT2D eigenvalue weighted by atomic mass is 9.85. The first-order valence-corrected chi connectivity index (χ1v) is 13.3. The summed E-state index contributed by atoms with van der Waals surface area (Å²) in [7, 11) is 0. The second kappa shape index (κ2) is 9.87. The van der Waals surface area contributed by atoms with E-state index in [9.17, 15) is 0 Å². The van der Waals surface area contributed by atoms with Crippen LogP contribution >= 0.6 is 0 Å². The van der Waals surface area contributed by atoms with Gasteiger partial charge in [-0.1, -0.05) is 121 Å². The van der Waals surface area contributed by atoms with Gasteiger partial charge in [0.25, 0.3) is 0 Å². The highest BCUT2D eigenvalue weighted by Gasteiger charge is 2.17. The van der Waals surface area contributed by atoms with E-state index in [2.05, 4.69) is 4.98 Å². The fourth-order valence-electron chi connectivity index (χ4n) is 5.74. The first-order chi connectivity index (χ1) is 26.1. The molecule has 8 aromatic rings. The largest absolute Gasteiger partial charge is 0.297 e.